The Morgan fingerprint density at radius 1 is 1.15 bits per heavy atom. The molecular formula is C28H31NO4S. The van der Waals surface area contributed by atoms with Crippen molar-refractivity contribution in [3.63, 3.8) is 0 Å². The van der Waals surface area contributed by atoms with Crippen LogP contribution in [0, 0.1) is 12.8 Å². The lowest BCUT2D eigenvalue weighted by Crippen LogP contribution is -2.39. The number of aryl methyl sites for hydroxylation is 1. The fourth-order valence-electron chi connectivity index (χ4n) is 4.64. The number of aliphatic hydroxyl groups is 1. The van der Waals surface area contributed by atoms with Gasteiger partial charge >= 0.3 is 0 Å². The fraction of sp³-hybridized carbons (Fsp3) is 0.357. The summed E-state index contributed by atoms with van der Waals surface area (Å²) in [5, 5.41) is 10.9. The first-order valence-corrected chi connectivity index (χ1v) is 12.5. The number of carbonyl (C=O) groups excluding carboxylic acids is 2. The average Bonchev–Trinajstić information content (AvgIpc) is 3.35. The van der Waals surface area contributed by atoms with Crippen molar-refractivity contribution < 1.29 is 19.4 Å². The van der Waals surface area contributed by atoms with Crippen LogP contribution in [0.4, 0.5) is 5.69 Å². The van der Waals surface area contributed by atoms with Gasteiger partial charge in [-0.25, -0.2) is 0 Å². The van der Waals surface area contributed by atoms with E-state index in [2.05, 4.69) is 31.2 Å². The average molecular weight is 478 g/mol. The number of thiophene rings is 1. The van der Waals surface area contributed by atoms with Crippen LogP contribution in [0.2, 0.25) is 0 Å². The molecule has 1 aromatic heterocycles. The van der Waals surface area contributed by atoms with Crippen molar-refractivity contribution in [2.45, 2.75) is 46.1 Å². The molecule has 1 aromatic carbocycles. The first kappa shape index (κ1) is 24.2. The smallest absolute Gasteiger partial charge is 0.294 e. The minimum absolute atomic E-state index is 0.112. The lowest BCUT2D eigenvalue weighted by Gasteiger charge is -2.31. The second-order valence-electron chi connectivity index (χ2n) is 9.22. The molecule has 0 saturated carbocycles. The second kappa shape index (κ2) is 10.1. The highest BCUT2D eigenvalue weighted by molar-refractivity contribution is 7.15. The normalized spacial score (nSPS) is 18.6. The van der Waals surface area contributed by atoms with Gasteiger partial charge in [-0.05, 0) is 66.7 Å². The summed E-state index contributed by atoms with van der Waals surface area (Å²) >= 11 is 1.71. The van der Waals surface area contributed by atoms with Gasteiger partial charge in [0, 0.05) is 29.0 Å². The van der Waals surface area contributed by atoms with E-state index in [0.29, 0.717) is 12.3 Å². The van der Waals surface area contributed by atoms with E-state index in [9.17, 15) is 14.7 Å². The topological polar surface area (TPSA) is 66.8 Å². The third-order valence-corrected chi connectivity index (χ3v) is 7.21. The maximum atomic E-state index is 13.4. The summed E-state index contributed by atoms with van der Waals surface area (Å²) in [4.78, 5) is 30.6. The van der Waals surface area contributed by atoms with Gasteiger partial charge in [0.1, 0.15) is 0 Å². The molecule has 0 fully saturated rings. The molecule has 2 aliphatic rings. The molecule has 1 N–H and O–H groups in total. The van der Waals surface area contributed by atoms with Gasteiger partial charge in [-0.1, -0.05) is 38.1 Å². The number of hydrogen-bond acceptors (Lipinski definition) is 5. The van der Waals surface area contributed by atoms with Crippen molar-refractivity contribution in [1.82, 2.24) is 0 Å². The SMILES string of the molecule is COCC1=CCCC=C1C1C(C(=O)CC(C)C)=C(O)C(=O)N1c1ccc(-c2ccc(C)s2)cc1. The standard InChI is InChI=1S/C28H31NO4S/c1-17(2)15-23(30)25-26(22-8-6-5-7-20(22)16-33-4)29(28(32)27(25)31)21-12-10-19(11-13-21)24-14-9-18(3)34-24/h7-14,17,26,31H,5-6,15-16H2,1-4H3. The molecular weight excluding hydrogens is 446 g/mol. The van der Waals surface area contributed by atoms with Crippen molar-refractivity contribution >= 4 is 28.7 Å². The molecule has 34 heavy (non-hydrogen) atoms. The van der Waals surface area contributed by atoms with Gasteiger partial charge in [-0.3, -0.25) is 14.5 Å². The molecule has 2 heterocycles. The number of carbonyl (C=O) groups is 2. The molecule has 2 aromatic rings. The number of anilines is 1. The zero-order chi connectivity index (χ0) is 24.4. The van der Waals surface area contributed by atoms with Gasteiger partial charge in [0.05, 0.1) is 18.2 Å². The maximum absolute atomic E-state index is 13.4. The van der Waals surface area contributed by atoms with Crippen LogP contribution in [0.15, 0.2) is 71.0 Å². The Balaban J connectivity index is 1.77. The number of amides is 1. The molecule has 0 spiro atoms. The highest BCUT2D eigenvalue weighted by atomic mass is 32.1. The van der Waals surface area contributed by atoms with Crippen LogP contribution in [0.3, 0.4) is 0 Å². The van der Waals surface area contributed by atoms with Crippen LogP contribution in [-0.2, 0) is 14.3 Å². The lowest BCUT2D eigenvalue weighted by atomic mass is 9.85. The van der Waals surface area contributed by atoms with Crippen LogP contribution < -0.4 is 4.90 Å². The van der Waals surface area contributed by atoms with Gasteiger partial charge < -0.3 is 9.84 Å². The Morgan fingerprint density at radius 2 is 1.85 bits per heavy atom. The minimum atomic E-state index is -0.671. The Hall–Kier alpha value is -2.96. The Labute approximate surface area is 205 Å². The molecule has 1 atom stereocenters. The zero-order valence-electron chi connectivity index (χ0n) is 20.1. The molecule has 4 rings (SSSR count). The van der Waals surface area contributed by atoms with Gasteiger partial charge in [0.15, 0.2) is 11.5 Å². The summed E-state index contributed by atoms with van der Waals surface area (Å²) in [7, 11) is 1.63. The van der Waals surface area contributed by atoms with Crippen molar-refractivity contribution in [2.75, 3.05) is 18.6 Å². The first-order chi connectivity index (χ1) is 16.3. The summed E-state index contributed by atoms with van der Waals surface area (Å²) in [5.74, 6) is -1.07. The summed E-state index contributed by atoms with van der Waals surface area (Å²) in [6.45, 7) is 6.37. The highest BCUT2D eigenvalue weighted by Crippen LogP contribution is 2.40. The Bertz CT molecular complexity index is 1180. The number of nitrogens with zero attached hydrogens (tertiary/aromatic N) is 1. The van der Waals surface area contributed by atoms with E-state index in [1.165, 1.54) is 4.88 Å². The van der Waals surface area contributed by atoms with Crippen molar-refractivity contribution in [1.29, 1.82) is 0 Å². The number of hydrogen-bond donors (Lipinski definition) is 1. The number of allylic oxidation sites excluding steroid dienone is 2. The number of aliphatic hydroxyl groups excluding tert-OH is 1. The number of methoxy groups -OCH3 is 1. The number of rotatable bonds is 8. The highest BCUT2D eigenvalue weighted by Gasteiger charge is 2.45. The molecule has 0 bridgehead atoms. The second-order valence-corrected chi connectivity index (χ2v) is 10.5. The lowest BCUT2D eigenvalue weighted by molar-refractivity contribution is -0.118. The monoisotopic (exact) mass is 477 g/mol. The van der Waals surface area contributed by atoms with E-state index in [0.717, 1.165) is 34.4 Å². The van der Waals surface area contributed by atoms with E-state index in [-0.39, 0.29) is 23.7 Å². The molecule has 1 aliphatic heterocycles. The number of Topliss-reactive ketones (excluding diaryl/α,β-unsaturated/α-hetero) is 1. The van der Waals surface area contributed by atoms with Gasteiger partial charge in [-0.15, -0.1) is 11.3 Å². The molecule has 6 heteroatoms. The Morgan fingerprint density at radius 3 is 2.47 bits per heavy atom. The van der Waals surface area contributed by atoms with Crippen LogP contribution in [0.25, 0.3) is 10.4 Å². The van der Waals surface area contributed by atoms with Gasteiger partial charge in [0.2, 0.25) is 0 Å². The summed E-state index contributed by atoms with van der Waals surface area (Å²) in [5.41, 5.74) is 3.71. The first-order valence-electron chi connectivity index (χ1n) is 11.7. The van der Waals surface area contributed by atoms with E-state index in [1.54, 1.807) is 23.3 Å². The molecule has 178 valence electrons. The molecule has 0 saturated heterocycles. The van der Waals surface area contributed by atoms with Crippen molar-refractivity contribution in [3.05, 3.63) is 75.9 Å². The van der Waals surface area contributed by atoms with Crippen LogP contribution in [0.5, 0.6) is 0 Å². The van der Waals surface area contributed by atoms with Crippen molar-refractivity contribution in [3.8, 4) is 10.4 Å². The summed E-state index contributed by atoms with van der Waals surface area (Å²) in [6.07, 6.45) is 6.13. The molecule has 0 radical (unpaired) electrons. The van der Waals surface area contributed by atoms with Crippen LogP contribution >= 0.6 is 11.3 Å². The van der Waals surface area contributed by atoms with E-state index in [1.807, 2.05) is 38.1 Å². The minimum Gasteiger partial charge on any atom is -0.503 e. The third-order valence-electron chi connectivity index (χ3n) is 6.16. The van der Waals surface area contributed by atoms with Crippen LogP contribution in [0.1, 0.15) is 38.0 Å². The zero-order valence-corrected chi connectivity index (χ0v) is 20.9. The third kappa shape index (κ3) is 4.65. The maximum Gasteiger partial charge on any atom is 0.294 e. The van der Waals surface area contributed by atoms with Gasteiger partial charge in [-0.2, -0.15) is 0 Å². The molecule has 5 nitrogen and oxygen atoms in total. The number of ketones is 1. The number of benzene rings is 1. The largest absolute Gasteiger partial charge is 0.503 e. The van der Waals surface area contributed by atoms with Gasteiger partial charge in [0.25, 0.3) is 5.91 Å². The summed E-state index contributed by atoms with van der Waals surface area (Å²) < 4.78 is 5.42. The predicted molar refractivity (Wildman–Crippen MR) is 137 cm³/mol. The molecule has 1 unspecified atom stereocenters. The molecule has 1 amide bonds. The molecule has 1 aliphatic carbocycles. The fourth-order valence-corrected chi connectivity index (χ4v) is 5.51. The van der Waals surface area contributed by atoms with Crippen LogP contribution in [-0.4, -0.2) is 36.6 Å². The van der Waals surface area contributed by atoms with E-state index >= 15 is 0 Å². The predicted octanol–water partition coefficient (Wildman–Crippen LogP) is 6.16. The van der Waals surface area contributed by atoms with E-state index in [4.69, 9.17) is 4.74 Å². The number of ether oxygens (including phenoxy) is 1. The quantitative estimate of drug-likeness (QED) is 0.495. The summed E-state index contributed by atoms with van der Waals surface area (Å²) in [6, 6.07) is 11.2. The van der Waals surface area contributed by atoms with E-state index < -0.39 is 17.7 Å². The Kier molecular flexibility index (Phi) is 7.19. The van der Waals surface area contributed by atoms with Crippen molar-refractivity contribution in [2.24, 2.45) is 5.92 Å².